The monoisotopic (exact) mass is 191 g/mol. The smallest absolute Gasteiger partial charge is 0.221 e. The zero-order valence-electron chi connectivity index (χ0n) is 8.07. The molecule has 0 unspecified atom stereocenters. The molecule has 1 amide bonds. The molecule has 3 nitrogen and oxygen atoms in total. The summed E-state index contributed by atoms with van der Waals surface area (Å²) in [4.78, 5) is 10.5. The number of ether oxygens (including phenoxy) is 1. The number of rotatable bonds is 4. The first-order valence-corrected chi connectivity index (χ1v) is 4.32. The van der Waals surface area contributed by atoms with Gasteiger partial charge >= 0.3 is 0 Å². The quantitative estimate of drug-likeness (QED) is 0.785. The minimum atomic E-state index is -0.337. The van der Waals surface area contributed by atoms with Crippen LogP contribution in [-0.2, 0) is 4.79 Å². The number of primary amides is 1. The summed E-state index contributed by atoms with van der Waals surface area (Å²) in [6.45, 7) is 0. The number of hydrogen-bond donors (Lipinski definition) is 1. The number of nitrogens with two attached hydrogens (primary N) is 1. The molecule has 14 heavy (non-hydrogen) atoms. The Kier molecular flexibility index (Phi) is 3.73. The van der Waals surface area contributed by atoms with Crippen molar-refractivity contribution in [3.63, 3.8) is 0 Å². The van der Waals surface area contributed by atoms with Gasteiger partial charge in [-0.15, -0.1) is 0 Å². The highest BCUT2D eigenvalue weighted by Crippen LogP contribution is 2.18. The molecule has 0 saturated heterocycles. The van der Waals surface area contributed by atoms with Crippen LogP contribution in [0.3, 0.4) is 0 Å². The highest BCUT2D eigenvalue weighted by molar-refractivity contribution is 5.76. The highest BCUT2D eigenvalue weighted by Gasteiger charge is 1.96. The fraction of sp³-hybridized carbons (Fsp3) is 0.182. The molecular weight excluding hydrogens is 178 g/mol. The normalized spacial score (nSPS) is 10.4. The molecule has 74 valence electrons. The fourth-order valence-corrected chi connectivity index (χ4v) is 1.11. The molecular formula is C11H13NO2. The van der Waals surface area contributed by atoms with Crippen molar-refractivity contribution in [1.82, 2.24) is 0 Å². The van der Waals surface area contributed by atoms with Gasteiger partial charge < -0.3 is 10.5 Å². The lowest BCUT2D eigenvalue weighted by atomic mass is 10.2. The van der Waals surface area contributed by atoms with Crippen molar-refractivity contribution < 1.29 is 9.53 Å². The number of amides is 1. The number of benzene rings is 1. The van der Waals surface area contributed by atoms with E-state index in [9.17, 15) is 4.79 Å². The van der Waals surface area contributed by atoms with E-state index in [-0.39, 0.29) is 12.3 Å². The maximum absolute atomic E-state index is 10.5. The summed E-state index contributed by atoms with van der Waals surface area (Å²) in [6.07, 6.45) is 3.79. The molecule has 2 N–H and O–H groups in total. The Morgan fingerprint density at radius 2 is 2.21 bits per heavy atom. The van der Waals surface area contributed by atoms with Gasteiger partial charge in [-0.3, -0.25) is 4.79 Å². The fourth-order valence-electron chi connectivity index (χ4n) is 1.11. The number of hydrogen-bond acceptors (Lipinski definition) is 2. The van der Waals surface area contributed by atoms with Gasteiger partial charge in [0.15, 0.2) is 0 Å². The third-order valence-corrected chi connectivity index (χ3v) is 1.76. The Morgan fingerprint density at radius 1 is 1.50 bits per heavy atom. The van der Waals surface area contributed by atoms with Crippen LogP contribution in [0.15, 0.2) is 30.3 Å². The average Bonchev–Trinajstić information content (AvgIpc) is 2.18. The molecule has 0 aliphatic rings. The maximum atomic E-state index is 10.5. The maximum Gasteiger partial charge on any atom is 0.221 e. The lowest BCUT2D eigenvalue weighted by molar-refractivity contribution is -0.117. The van der Waals surface area contributed by atoms with Crippen LogP contribution in [0.2, 0.25) is 0 Å². The molecule has 0 spiro atoms. The first-order chi connectivity index (χ1) is 6.74. The van der Waals surface area contributed by atoms with E-state index >= 15 is 0 Å². The van der Waals surface area contributed by atoms with E-state index in [4.69, 9.17) is 10.5 Å². The molecule has 0 radical (unpaired) electrons. The predicted octanol–water partition coefficient (Wildman–Crippen LogP) is 1.58. The average molecular weight is 191 g/mol. The molecule has 1 rings (SSSR count). The van der Waals surface area contributed by atoms with E-state index in [0.29, 0.717) is 0 Å². The van der Waals surface area contributed by atoms with Crippen molar-refractivity contribution in [1.29, 1.82) is 0 Å². The van der Waals surface area contributed by atoms with Crippen molar-refractivity contribution in [2.24, 2.45) is 5.73 Å². The number of carbonyl (C=O) groups is 1. The van der Waals surface area contributed by atoms with Crippen molar-refractivity contribution >= 4 is 12.0 Å². The molecule has 0 atom stereocenters. The second-order valence-corrected chi connectivity index (χ2v) is 2.81. The molecule has 0 fully saturated rings. The lowest BCUT2D eigenvalue weighted by Gasteiger charge is -2.02. The second-order valence-electron chi connectivity index (χ2n) is 2.81. The summed E-state index contributed by atoms with van der Waals surface area (Å²) in [6, 6.07) is 7.58. The van der Waals surface area contributed by atoms with Gasteiger partial charge in [0, 0.05) is 12.0 Å². The molecule has 0 heterocycles. The van der Waals surface area contributed by atoms with Gasteiger partial charge in [-0.05, 0) is 6.07 Å². The molecule has 1 aromatic carbocycles. The van der Waals surface area contributed by atoms with Gasteiger partial charge in [-0.2, -0.15) is 0 Å². The van der Waals surface area contributed by atoms with Crippen LogP contribution < -0.4 is 10.5 Å². The van der Waals surface area contributed by atoms with E-state index in [1.54, 1.807) is 13.2 Å². The van der Waals surface area contributed by atoms with E-state index in [1.807, 2.05) is 30.3 Å². The van der Waals surface area contributed by atoms with Crippen LogP contribution in [-0.4, -0.2) is 13.0 Å². The van der Waals surface area contributed by atoms with Crippen molar-refractivity contribution in [3.8, 4) is 5.75 Å². The highest BCUT2D eigenvalue weighted by atomic mass is 16.5. The van der Waals surface area contributed by atoms with E-state index in [1.165, 1.54) is 0 Å². The second kappa shape index (κ2) is 5.07. The van der Waals surface area contributed by atoms with Crippen molar-refractivity contribution in [2.75, 3.05) is 7.11 Å². The Bertz CT molecular complexity index is 345. The summed E-state index contributed by atoms with van der Waals surface area (Å²) in [5.74, 6) is 0.448. The minimum Gasteiger partial charge on any atom is -0.496 e. The van der Waals surface area contributed by atoms with Crippen LogP contribution in [0, 0.1) is 0 Å². The van der Waals surface area contributed by atoms with Gasteiger partial charge in [0.1, 0.15) is 5.75 Å². The summed E-state index contributed by atoms with van der Waals surface area (Å²) in [7, 11) is 1.61. The lowest BCUT2D eigenvalue weighted by Crippen LogP contribution is -2.07. The zero-order valence-corrected chi connectivity index (χ0v) is 8.07. The van der Waals surface area contributed by atoms with E-state index in [2.05, 4.69) is 0 Å². The van der Waals surface area contributed by atoms with Crippen LogP contribution in [0.1, 0.15) is 12.0 Å². The van der Waals surface area contributed by atoms with E-state index in [0.717, 1.165) is 11.3 Å². The summed E-state index contributed by atoms with van der Waals surface area (Å²) >= 11 is 0. The summed E-state index contributed by atoms with van der Waals surface area (Å²) in [5, 5.41) is 0. The molecule has 0 aliphatic carbocycles. The standard InChI is InChI=1S/C11H13NO2/c1-14-10-7-3-2-5-9(10)6-4-8-11(12)13/h2-7H,8H2,1H3,(H2,12,13). The first-order valence-electron chi connectivity index (χ1n) is 4.32. The van der Waals surface area contributed by atoms with Gasteiger partial charge in [-0.1, -0.05) is 30.4 Å². The van der Waals surface area contributed by atoms with Crippen molar-refractivity contribution in [2.45, 2.75) is 6.42 Å². The first kappa shape index (κ1) is 10.3. The minimum absolute atomic E-state index is 0.248. The molecule has 3 heteroatoms. The Labute approximate surface area is 83.2 Å². The van der Waals surface area contributed by atoms with Crippen LogP contribution in [0.4, 0.5) is 0 Å². The van der Waals surface area contributed by atoms with Crippen LogP contribution in [0.5, 0.6) is 5.75 Å². The van der Waals surface area contributed by atoms with Gasteiger partial charge in [-0.25, -0.2) is 0 Å². The number of para-hydroxylation sites is 1. The molecule has 0 saturated carbocycles. The number of methoxy groups -OCH3 is 1. The van der Waals surface area contributed by atoms with Gasteiger partial charge in [0.25, 0.3) is 0 Å². The summed E-state index contributed by atoms with van der Waals surface area (Å²) < 4.78 is 5.14. The van der Waals surface area contributed by atoms with Crippen LogP contribution in [0.25, 0.3) is 6.08 Å². The summed E-state index contributed by atoms with van der Waals surface area (Å²) in [5.41, 5.74) is 5.95. The third-order valence-electron chi connectivity index (χ3n) is 1.76. The van der Waals surface area contributed by atoms with Gasteiger partial charge in [0.05, 0.1) is 7.11 Å². The van der Waals surface area contributed by atoms with Crippen LogP contribution >= 0.6 is 0 Å². The molecule has 0 aliphatic heterocycles. The van der Waals surface area contributed by atoms with E-state index < -0.39 is 0 Å². The largest absolute Gasteiger partial charge is 0.496 e. The topological polar surface area (TPSA) is 52.3 Å². The predicted molar refractivity (Wildman–Crippen MR) is 55.8 cm³/mol. The van der Waals surface area contributed by atoms with Gasteiger partial charge in [0.2, 0.25) is 5.91 Å². The van der Waals surface area contributed by atoms with Crippen molar-refractivity contribution in [3.05, 3.63) is 35.9 Å². The molecule has 1 aromatic rings. The Hall–Kier alpha value is -1.77. The number of carbonyl (C=O) groups excluding carboxylic acids is 1. The Balaban J connectivity index is 2.75. The third kappa shape index (κ3) is 2.94. The molecule has 0 aromatic heterocycles. The SMILES string of the molecule is COc1ccccc1C=CCC(N)=O. The zero-order chi connectivity index (χ0) is 10.4. The molecule has 0 bridgehead atoms. The Morgan fingerprint density at radius 3 is 2.86 bits per heavy atom.